The first kappa shape index (κ1) is 16.7. The summed E-state index contributed by atoms with van der Waals surface area (Å²) in [5, 5.41) is 11.5. The van der Waals surface area contributed by atoms with E-state index in [1.54, 1.807) is 14.0 Å². The molecule has 0 aromatic heterocycles. The zero-order valence-corrected chi connectivity index (χ0v) is 11.8. The molecule has 0 radical (unpaired) electrons. The molecule has 0 aromatic carbocycles. The number of urea groups is 1. The molecule has 0 saturated carbocycles. The SMILES string of the molecule is CCN(C(=O)NCC(C)(C)OC)C(C)CC(=O)O. The minimum absolute atomic E-state index is 0.0606. The first-order chi connectivity index (χ1) is 8.23. The maximum atomic E-state index is 11.9. The molecule has 6 heteroatoms. The van der Waals surface area contributed by atoms with Gasteiger partial charge in [0.1, 0.15) is 0 Å². The van der Waals surface area contributed by atoms with E-state index in [4.69, 9.17) is 9.84 Å². The zero-order valence-electron chi connectivity index (χ0n) is 11.8. The Kier molecular flexibility index (Phi) is 6.68. The van der Waals surface area contributed by atoms with Crippen LogP contribution < -0.4 is 5.32 Å². The number of rotatable bonds is 7. The van der Waals surface area contributed by atoms with Gasteiger partial charge in [-0.15, -0.1) is 0 Å². The molecule has 2 N–H and O–H groups in total. The lowest BCUT2D eigenvalue weighted by atomic mass is 10.1. The molecule has 0 heterocycles. The van der Waals surface area contributed by atoms with Crippen LogP contribution in [0.4, 0.5) is 4.79 Å². The normalized spacial score (nSPS) is 12.9. The third kappa shape index (κ3) is 5.86. The van der Waals surface area contributed by atoms with E-state index in [-0.39, 0.29) is 18.5 Å². The van der Waals surface area contributed by atoms with Crippen molar-refractivity contribution in [3.05, 3.63) is 0 Å². The molecule has 0 saturated heterocycles. The molecule has 0 aliphatic rings. The maximum absolute atomic E-state index is 11.9. The van der Waals surface area contributed by atoms with Crippen LogP contribution in [0.2, 0.25) is 0 Å². The van der Waals surface area contributed by atoms with Crippen LogP contribution in [0.5, 0.6) is 0 Å². The summed E-state index contributed by atoms with van der Waals surface area (Å²) in [5.74, 6) is -0.911. The number of carbonyl (C=O) groups excluding carboxylic acids is 1. The highest BCUT2D eigenvalue weighted by Gasteiger charge is 2.23. The van der Waals surface area contributed by atoms with Crippen LogP contribution in [0.1, 0.15) is 34.1 Å². The third-order valence-electron chi connectivity index (χ3n) is 2.82. The zero-order chi connectivity index (χ0) is 14.3. The van der Waals surface area contributed by atoms with E-state index >= 15 is 0 Å². The second-order valence-electron chi connectivity index (χ2n) is 4.86. The lowest BCUT2D eigenvalue weighted by Crippen LogP contribution is -2.49. The van der Waals surface area contributed by atoms with Gasteiger partial charge in [0, 0.05) is 26.2 Å². The lowest BCUT2D eigenvalue weighted by molar-refractivity contribution is -0.138. The molecule has 0 aromatic rings. The van der Waals surface area contributed by atoms with Gasteiger partial charge in [0.2, 0.25) is 0 Å². The summed E-state index contributed by atoms with van der Waals surface area (Å²) in [6, 6.07) is -0.602. The molecule has 0 rings (SSSR count). The average Bonchev–Trinajstić information content (AvgIpc) is 2.26. The molecule has 2 amide bonds. The van der Waals surface area contributed by atoms with Crippen LogP contribution in [0.3, 0.4) is 0 Å². The predicted octanol–water partition coefficient (Wildman–Crippen LogP) is 1.31. The van der Waals surface area contributed by atoms with Crippen molar-refractivity contribution in [2.75, 3.05) is 20.2 Å². The molecule has 1 atom stereocenters. The lowest BCUT2D eigenvalue weighted by Gasteiger charge is -2.30. The Balaban J connectivity index is 4.39. The predicted molar refractivity (Wildman–Crippen MR) is 68.6 cm³/mol. The van der Waals surface area contributed by atoms with E-state index < -0.39 is 11.6 Å². The summed E-state index contributed by atoms with van der Waals surface area (Å²) >= 11 is 0. The van der Waals surface area contributed by atoms with Crippen molar-refractivity contribution in [3.63, 3.8) is 0 Å². The molecule has 0 aliphatic heterocycles. The van der Waals surface area contributed by atoms with Gasteiger partial charge in [0.05, 0.1) is 12.0 Å². The molecule has 0 spiro atoms. The van der Waals surface area contributed by atoms with Gasteiger partial charge in [0.25, 0.3) is 0 Å². The van der Waals surface area contributed by atoms with Gasteiger partial charge in [-0.05, 0) is 27.7 Å². The highest BCUT2D eigenvalue weighted by molar-refractivity contribution is 5.76. The molecule has 0 bridgehead atoms. The van der Waals surface area contributed by atoms with Crippen molar-refractivity contribution in [2.45, 2.75) is 45.8 Å². The third-order valence-corrected chi connectivity index (χ3v) is 2.82. The van der Waals surface area contributed by atoms with E-state index in [1.807, 2.05) is 20.8 Å². The molecule has 0 aliphatic carbocycles. The van der Waals surface area contributed by atoms with Gasteiger partial charge < -0.3 is 20.1 Å². The minimum Gasteiger partial charge on any atom is -0.481 e. The van der Waals surface area contributed by atoms with Gasteiger partial charge in [0.15, 0.2) is 0 Å². The van der Waals surface area contributed by atoms with Crippen molar-refractivity contribution in [2.24, 2.45) is 0 Å². The maximum Gasteiger partial charge on any atom is 0.317 e. The molecule has 106 valence electrons. The number of carboxylic acid groups (broad SMARTS) is 1. The summed E-state index contributed by atoms with van der Waals surface area (Å²) in [7, 11) is 1.58. The fourth-order valence-electron chi connectivity index (χ4n) is 1.48. The second-order valence-corrected chi connectivity index (χ2v) is 4.86. The van der Waals surface area contributed by atoms with E-state index in [0.29, 0.717) is 13.1 Å². The number of hydrogen-bond donors (Lipinski definition) is 2. The van der Waals surface area contributed by atoms with Crippen molar-refractivity contribution in [1.29, 1.82) is 0 Å². The van der Waals surface area contributed by atoms with Gasteiger partial charge in [-0.3, -0.25) is 4.79 Å². The molecule has 0 fully saturated rings. The smallest absolute Gasteiger partial charge is 0.317 e. The minimum atomic E-state index is -0.911. The van der Waals surface area contributed by atoms with Gasteiger partial charge in [-0.2, -0.15) is 0 Å². The quantitative estimate of drug-likeness (QED) is 0.723. The number of nitrogens with one attached hydrogen (secondary N) is 1. The largest absolute Gasteiger partial charge is 0.481 e. The van der Waals surface area contributed by atoms with E-state index in [2.05, 4.69) is 5.32 Å². The Bertz CT molecular complexity index is 292. The number of carboxylic acids is 1. The highest BCUT2D eigenvalue weighted by atomic mass is 16.5. The Morgan fingerprint density at radius 3 is 2.39 bits per heavy atom. The van der Waals surface area contributed by atoms with Crippen molar-refractivity contribution in [1.82, 2.24) is 10.2 Å². The number of methoxy groups -OCH3 is 1. The van der Waals surface area contributed by atoms with E-state index in [9.17, 15) is 9.59 Å². The number of aliphatic carboxylic acids is 1. The first-order valence-electron chi connectivity index (χ1n) is 6.05. The summed E-state index contributed by atoms with van der Waals surface area (Å²) in [6.45, 7) is 8.11. The molecule has 18 heavy (non-hydrogen) atoms. The Morgan fingerprint density at radius 1 is 1.44 bits per heavy atom. The van der Waals surface area contributed by atoms with Crippen molar-refractivity contribution >= 4 is 12.0 Å². The number of carbonyl (C=O) groups is 2. The van der Waals surface area contributed by atoms with E-state index in [1.165, 1.54) is 4.90 Å². The van der Waals surface area contributed by atoms with Crippen LogP contribution in [-0.2, 0) is 9.53 Å². The van der Waals surface area contributed by atoms with E-state index in [0.717, 1.165) is 0 Å². The fourth-order valence-corrected chi connectivity index (χ4v) is 1.48. The number of nitrogens with zero attached hydrogens (tertiary/aromatic N) is 1. The summed E-state index contributed by atoms with van der Waals surface area (Å²) in [4.78, 5) is 24.1. The topological polar surface area (TPSA) is 78.9 Å². The molecule has 1 unspecified atom stereocenters. The van der Waals surface area contributed by atoms with Crippen LogP contribution >= 0.6 is 0 Å². The Morgan fingerprint density at radius 2 is 2.00 bits per heavy atom. The van der Waals surface area contributed by atoms with Crippen LogP contribution in [-0.4, -0.2) is 53.8 Å². The summed E-state index contributed by atoms with van der Waals surface area (Å²) < 4.78 is 5.20. The standard InChI is InChI=1S/C12H24N2O4/c1-6-14(9(2)7-10(15)16)11(17)13-8-12(3,4)18-5/h9H,6-8H2,1-5H3,(H,13,17)(H,15,16). The van der Waals surface area contributed by atoms with Gasteiger partial charge in [-0.25, -0.2) is 4.79 Å². The second kappa shape index (κ2) is 7.20. The first-order valence-corrected chi connectivity index (χ1v) is 6.05. The molecular weight excluding hydrogens is 236 g/mol. The molecular formula is C12H24N2O4. The number of ether oxygens (including phenoxy) is 1. The molecule has 6 nitrogen and oxygen atoms in total. The average molecular weight is 260 g/mol. The summed E-state index contributed by atoms with van der Waals surface area (Å²) in [5.41, 5.74) is -0.439. The Labute approximate surface area is 108 Å². The van der Waals surface area contributed by atoms with Crippen molar-refractivity contribution in [3.8, 4) is 0 Å². The van der Waals surface area contributed by atoms with Gasteiger partial charge in [-0.1, -0.05) is 0 Å². The monoisotopic (exact) mass is 260 g/mol. The van der Waals surface area contributed by atoms with Crippen LogP contribution in [0.25, 0.3) is 0 Å². The number of hydrogen-bond acceptors (Lipinski definition) is 3. The fraction of sp³-hybridized carbons (Fsp3) is 0.833. The Hall–Kier alpha value is -1.30. The number of amides is 2. The highest BCUT2D eigenvalue weighted by Crippen LogP contribution is 2.07. The van der Waals surface area contributed by atoms with Crippen LogP contribution in [0, 0.1) is 0 Å². The van der Waals surface area contributed by atoms with Crippen LogP contribution in [0.15, 0.2) is 0 Å². The summed E-state index contributed by atoms with van der Waals surface area (Å²) in [6.07, 6.45) is -0.0606. The van der Waals surface area contributed by atoms with Crippen molar-refractivity contribution < 1.29 is 19.4 Å². The van der Waals surface area contributed by atoms with Gasteiger partial charge >= 0.3 is 12.0 Å².